The van der Waals surface area contributed by atoms with Crippen LogP contribution in [0.5, 0.6) is 0 Å². The Kier molecular flexibility index (Phi) is 2.02. The molecule has 46 valence electrons. The first-order chi connectivity index (χ1) is 4.39. The van der Waals surface area contributed by atoms with E-state index in [1.54, 1.807) is 18.2 Å². The lowest BCUT2D eigenvalue weighted by molar-refractivity contribution is -0.110. The zero-order valence-corrected chi connectivity index (χ0v) is 5.08. The molecule has 0 radical (unpaired) electrons. The van der Waals surface area contributed by atoms with Gasteiger partial charge in [0.15, 0.2) is 5.78 Å². The van der Waals surface area contributed by atoms with Crippen LogP contribution in [0, 0.1) is 0 Å². The molecule has 0 heterocycles. The summed E-state index contributed by atoms with van der Waals surface area (Å²) in [5.41, 5.74) is 0. The van der Waals surface area contributed by atoms with Gasteiger partial charge in [-0.15, -0.1) is 0 Å². The second-order valence-corrected chi connectivity index (χ2v) is 1.83. The fraction of sp³-hybridized carbons (Fsp3) is 0.125. The van der Waals surface area contributed by atoms with Crippen molar-refractivity contribution in [1.82, 2.24) is 0 Å². The molecular weight excluding hydrogens is 112 g/mol. The Morgan fingerprint density at radius 1 is 1.11 bits per heavy atom. The van der Waals surface area contributed by atoms with E-state index in [1.807, 2.05) is 18.2 Å². The Labute approximate surface area is 54.4 Å². The van der Waals surface area contributed by atoms with Gasteiger partial charge in [0, 0.05) is 0 Å². The van der Waals surface area contributed by atoms with Crippen molar-refractivity contribution in [3.63, 3.8) is 0 Å². The minimum absolute atomic E-state index is 0.0688. The van der Waals surface area contributed by atoms with Crippen molar-refractivity contribution in [3.05, 3.63) is 36.5 Å². The van der Waals surface area contributed by atoms with Gasteiger partial charge in [-0.05, 0) is 18.6 Å². The van der Waals surface area contributed by atoms with Crippen LogP contribution >= 0.6 is 0 Å². The van der Waals surface area contributed by atoms with E-state index in [0.717, 1.165) is 6.42 Å². The van der Waals surface area contributed by atoms with E-state index in [4.69, 9.17) is 0 Å². The van der Waals surface area contributed by atoms with Gasteiger partial charge in [-0.2, -0.15) is 0 Å². The van der Waals surface area contributed by atoms with Crippen molar-refractivity contribution < 1.29 is 4.79 Å². The summed E-state index contributed by atoms with van der Waals surface area (Å²) in [5, 5.41) is 0. The van der Waals surface area contributed by atoms with Crippen LogP contribution in [0.15, 0.2) is 36.5 Å². The number of hydrogen-bond acceptors (Lipinski definition) is 1. The normalized spacial score (nSPS) is 24.7. The first-order valence-electron chi connectivity index (χ1n) is 2.93. The van der Waals surface area contributed by atoms with E-state index in [-0.39, 0.29) is 5.78 Å². The number of allylic oxidation sites excluding steroid dienone is 6. The summed E-state index contributed by atoms with van der Waals surface area (Å²) >= 11 is 0. The predicted octanol–water partition coefficient (Wildman–Crippen LogP) is 1.63. The van der Waals surface area contributed by atoms with Crippen LogP contribution in [0.3, 0.4) is 0 Å². The van der Waals surface area contributed by atoms with Gasteiger partial charge < -0.3 is 0 Å². The van der Waals surface area contributed by atoms with Crippen molar-refractivity contribution in [2.45, 2.75) is 6.42 Å². The van der Waals surface area contributed by atoms with E-state index in [0.29, 0.717) is 0 Å². The monoisotopic (exact) mass is 120 g/mol. The molecule has 0 N–H and O–H groups in total. The highest BCUT2D eigenvalue weighted by Gasteiger charge is 1.86. The molecule has 0 aromatic rings. The van der Waals surface area contributed by atoms with E-state index in [1.165, 1.54) is 0 Å². The Bertz CT molecular complexity index is 185. The predicted molar refractivity (Wildman–Crippen MR) is 37.0 cm³/mol. The lowest BCUT2D eigenvalue weighted by Gasteiger charge is -1.85. The molecular formula is C8H8O. The Balaban J connectivity index is 2.72. The molecule has 1 rings (SSSR count). The lowest BCUT2D eigenvalue weighted by atomic mass is 10.2. The number of hydrogen-bond donors (Lipinski definition) is 0. The molecule has 0 spiro atoms. The lowest BCUT2D eigenvalue weighted by Crippen LogP contribution is -1.84. The third-order valence-corrected chi connectivity index (χ3v) is 1.06. The summed E-state index contributed by atoms with van der Waals surface area (Å²) in [4.78, 5) is 10.6. The van der Waals surface area contributed by atoms with Crippen molar-refractivity contribution in [2.24, 2.45) is 0 Å². The molecule has 1 aliphatic carbocycles. The molecule has 0 amide bonds. The first kappa shape index (κ1) is 6.02. The maximum absolute atomic E-state index is 10.6. The molecule has 0 unspecified atom stereocenters. The summed E-state index contributed by atoms with van der Waals surface area (Å²) in [5.74, 6) is 0.0688. The smallest absolute Gasteiger partial charge is 0.178 e. The highest BCUT2D eigenvalue weighted by Crippen LogP contribution is 1.92. The van der Waals surface area contributed by atoms with Crippen LogP contribution < -0.4 is 0 Å². The number of rotatable bonds is 0. The summed E-state index contributed by atoms with van der Waals surface area (Å²) in [6.07, 6.45) is 11.5. The van der Waals surface area contributed by atoms with Crippen molar-refractivity contribution >= 4 is 5.78 Å². The highest BCUT2D eigenvalue weighted by molar-refractivity contribution is 5.99. The summed E-state index contributed by atoms with van der Waals surface area (Å²) in [7, 11) is 0. The summed E-state index contributed by atoms with van der Waals surface area (Å²) < 4.78 is 0. The second-order valence-electron chi connectivity index (χ2n) is 1.83. The van der Waals surface area contributed by atoms with Crippen molar-refractivity contribution in [3.8, 4) is 0 Å². The van der Waals surface area contributed by atoms with Crippen molar-refractivity contribution in [2.75, 3.05) is 0 Å². The van der Waals surface area contributed by atoms with E-state index < -0.39 is 0 Å². The van der Waals surface area contributed by atoms with Crippen LogP contribution in [-0.2, 0) is 4.79 Å². The SMILES string of the molecule is O=C1C=CC/C=C\C=C/1. The fourth-order valence-electron chi connectivity index (χ4n) is 0.626. The summed E-state index contributed by atoms with van der Waals surface area (Å²) in [6.45, 7) is 0. The van der Waals surface area contributed by atoms with Crippen molar-refractivity contribution in [1.29, 1.82) is 0 Å². The quantitative estimate of drug-likeness (QED) is 0.474. The van der Waals surface area contributed by atoms with Gasteiger partial charge in [-0.3, -0.25) is 4.79 Å². The maximum atomic E-state index is 10.6. The van der Waals surface area contributed by atoms with Gasteiger partial charge >= 0.3 is 0 Å². The molecule has 0 saturated heterocycles. The van der Waals surface area contributed by atoms with Gasteiger partial charge in [0.1, 0.15) is 0 Å². The van der Waals surface area contributed by atoms with Gasteiger partial charge in [-0.1, -0.05) is 24.3 Å². The van der Waals surface area contributed by atoms with Crippen LogP contribution in [-0.4, -0.2) is 5.78 Å². The Morgan fingerprint density at radius 3 is 2.89 bits per heavy atom. The maximum Gasteiger partial charge on any atom is 0.178 e. The third-order valence-electron chi connectivity index (χ3n) is 1.06. The largest absolute Gasteiger partial charge is 0.290 e. The number of carbonyl (C=O) groups excluding carboxylic acids is 1. The zero-order valence-electron chi connectivity index (χ0n) is 5.08. The molecule has 0 saturated carbocycles. The minimum Gasteiger partial charge on any atom is -0.290 e. The molecule has 0 aliphatic heterocycles. The first-order valence-corrected chi connectivity index (χ1v) is 2.93. The van der Waals surface area contributed by atoms with E-state index in [9.17, 15) is 4.79 Å². The van der Waals surface area contributed by atoms with Gasteiger partial charge in [0.05, 0.1) is 0 Å². The molecule has 0 aromatic carbocycles. The molecule has 1 aliphatic rings. The summed E-state index contributed by atoms with van der Waals surface area (Å²) in [6, 6.07) is 0. The minimum atomic E-state index is 0.0688. The third kappa shape index (κ3) is 2.08. The number of carbonyl (C=O) groups is 1. The van der Waals surface area contributed by atoms with Crippen LogP contribution in [0.2, 0.25) is 0 Å². The van der Waals surface area contributed by atoms with Gasteiger partial charge in [0.25, 0.3) is 0 Å². The zero-order chi connectivity index (χ0) is 6.53. The Hall–Kier alpha value is -1.11. The highest BCUT2D eigenvalue weighted by atomic mass is 16.1. The van der Waals surface area contributed by atoms with Crippen LogP contribution in [0.25, 0.3) is 0 Å². The van der Waals surface area contributed by atoms with E-state index >= 15 is 0 Å². The average Bonchev–Trinajstić information content (AvgIpc) is 1.79. The molecule has 9 heavy (non-hydrogen) atoms. The molecule has 0 bridgehead atoms. The molecule has 0 fully saturated rings. The van der Waals surface area contributed by atoms with E-state index in [2.05, 4.69) is 0 Å². The Morgan fingerprint density at radius 2 is 2.00 bits per heavy atom. The van der Waals surface area contributed by atoms with Crippen LogP contribution in [0.4, 0.5) is 0 Å². The second kappa shape index (κ2) is 3.02. The topological polar surface area (TPSA) is 17.1 Å². The molecule has 1 nitrogen and oxygen atoms in total. The molecule has 0 atom stereocenters. The average molecular weight is 120 g/mol. The van der Waals surface area contributed by atoms with Gasteiger partial charge in [0.2, 0.25) is 0 Å². The number of ketones is 1. The fourth-order valence-corrected chi connectivity index (χ4v) is 0.626. The van der Waals surface area contributed by atoms with Crippen LogP contribution in [0.1, 0.15) is 6.42 Å². The molecule has 0 aromatic heterocycles. The van der Waals surface area contributed by atoms with Gasteiger partial charge in [-0.25, -0.2) is 0 Å². The standard InChI is InChI=1S/C8H8O/c9-8-6-4-2-1-3-5-7-8/h1-2,4-7H,3H2/b2-1-,6-4-,7-5?. The molecule has 1 heteroatoms.